The molecule has 1 amide bonds. The minimum atomic E-state index is -0.750. The summed E-state index contributed by atoms with van der Waals surface area (Å²) in [4.78, 5) is 21.4. The molecule has 1 unspecified atom stereocenters. The molecule has 0 radical (unpaired) electrons. The molecule has 152 valence electrons. The monoisotopic (exact) mass is 420 g/mol. The smallest absolute Gasteiger partial charge is 0.255 e. The largest absolute Gasteiger partial charge is 0.379 e. The molecule has 1 aliphatic rings. The highest BCUT2D eigenvalue weighted by molar-refractivity contribution is 8.13. The Morgan fingerprint density at radius 1 is 1.17 bits per heavy atom. The summed E-state index contributed by atoms with van der Waals surface area (Å²) in [6.45, 7) is 1.86. The molecule has 0 bridgehead atoms. The molecule has 30 heavy (non-hydrogen) atoms. The fraction of sp³-hybridized carbons (Fsp3) is 0.174. The maximum absolute atomic E-state index is 14.6. The van der Waals surface area contributed by atoms with Crippen LogP contribution in [0.25, 0.3) is 11.1 Å². The molecular weight excluding hydrogens is 399 g/mol. The number of benzene rings is 2. The highest BCUT2D eigenvalue weighted by atomic mass is 32.2. The summed E-state index contributed by atoms with van der Waals surface area (Å²) >= 11 is 1.46. The van der Waals surface area contributed by atoms with Crippen molar-refractivity contribution in [3.8, 4) is 11.1 Å². The molecule has 3 N–H and O–H groups in total. The third-order valence-electron chi connectivity index (χ3n) is 5.12. The van der Waals surface area contributed by atoms with Crippen LogP contribution in [0, 0.1) is 5.82 Å². The highest BCUT2D eigenvalue weighted by Gasteiger charge is 2.32. The van der Waals surface area contributed by atoms with Gasteiger partial charge in [0.25, 0.3) is 5.91 Å². The number of rotatable bonds is 4. The number of halogens is 1. The summed E-state index contributed by atoms with van der Waals surface area (Å²) in [6.07, 6.45) is 4.12. The standard InChI is InChI=1S/C23H21FN4OS/c1-23(9-11-30-22(25)28-23)19-13-18(7-8-20(19)24)27-21(29)16-5-2-4-15(12-16)17-6-3-10-26-14-17/h2-8,10,12-14H,9,11H2,1H3,(H2,25,28)(H,27,29). The first-order chi connectivity index (χ1) is 14.4. The average molecular weight is 421 g/mol. The molecule has 1 aromatic heterocycles. The van der Waals surface area contributed by atoms with Gasteiger partial charge in [0, 0.05) is 40.5 Å². The van der Waals surface area contributed by atoms with Gasteiger partial charge in [-0.25, -0.2) is 4.39 Å². The van der Waals surface area contributed by atoms with Gasteiger partial charge < -0.3 is 11.1 Å². The minimum Gasteiger partial charge on any atom is -0.379 e. The number of carbonyl (C=O) groups is 1. The van der Waals surface area contributed by atoms with Crippen LogP contribution in [0.5, 0.6) is 0 Å². The molecule has 2 aromatic carbocycles. The Kier molecular flexibility index (Phi) is 5.55. The first-order valence-corrected chi connectivity index (χ1v) is 10.5. The summed E-state index contributed by atoms with van der Waals surface area (Å²) < 4.78 is 14.6. The van der Waals surface area contributed by atoms with E-state index in [0.29, 0.717) is 28.4 Å². The number of anilines is 1. The van der Waals surface area contributed by atoms with Crippen LogP contribution in [0.4, 0.5) is 10.1 Å². The second-order valence-electron chi connectivity index (χ2n) is 7.29. The van der Waals surface area contributed by atoms with Crippen molar-refractivity contribution in [3.05, 3.63) is 83.9 Å². The number of amides is 1. The molecule has 7 heteroatoms. The first-order valence-electron chi connectivity index (χ1n) is 9.55. The molecule has 0 fully saturated rings. The Hall–Kier alpha value is -3.19. The number of carbonyl (C=O) groups excluding carboxylic acids is 1. The van der Waals surface area contributed by atoms with E-state index < -0.39 is 5.54 Å². The van der Waals surface area contributed by atoms with Crippen molar-refractivity contribution < 1.29 is 9.18 Å². The average Bonchev–Trinajstić information content (AvgIpc) is 2.75. The van der Waals surface area contributed by atoms with E-state index in [4.69, 9.17) is 5.73 Å². The Bertz CT molecular complexity index is 1120. The van der Waals surface area contributed by atoms with Gasteiger partial charge in [-0.1, -0.05) is 30.0 Å². The molecule has 2 heterocycles. The molecule has 0 saturated heterocycles. The van der Waals surface area contributed by atoms with E-state index in [1.54, 1.807) is 36.7 Å². The maximum Gasteiger partial charge on any atom is 0.255 e. The molecule has 3 aromatic rings. The fourth-order valence-electron chi connectivity index (χ4n) is 3.47. The van der Waals surface area contributed by atoms with E-state index in [9.17, 15) is 9.18 Å². The molecule has 0 aliphatic carbocycles. The Morgan fingerprint density at radius 2 is 2.00 bits per heavy atom. The summed E-state index contributed by atoms with van der Waals surface area (Å²) in [5.41, 5.74) is 8.38. The molecule has 0 saturated carbocycles. The normalized spacial score (nSPS) is 18.5. The van der Waals surface area contributed by atoms with Crippen molar-refractivity contribution in [1.29, 1.82) is 0 Å². The molecule has 5 nitrogen and oxygen atoms in total. The Labute approximate surface area is 178 Å². The van der Waals surface area contributed by atoms with Gasteiger partial charge >= 0.3 is 0 Å². The van der Waals surface area contributed by atoms with Crippen LogP contribution in [0.15, 0.2) is 72.0 Å². The van der Waals surface area contributed by atoms with Crippen LogP contribution in [-0.2, 0) is 5.54 Å². The predicted molar refractivity (Wildman–Crippen MR) is 120 cm³/mol. The van der Waals surface area contributed by atoms with Crippen LogP contribution in [0.3, 0.4) is 0 Å². The zero-order valence-electron chi connectivity index (χ0n) is 16.4. The number of pyridine rings is 1. The topological polar surface area (TPSA) is 80.4 Å². The third kappa shape index (κ3) is 4.21. The van der Waals surface area contributed by atoms with Crippen molar-refractivity contribution in [1.82, 2.24) is 4.98 Å². The highest BCUT2D eigenvalue weighted by Crippen LogP contribution is 2.37. The van der Waals surface area contributed by atoms with E-state index in [-0.39, 0.29) is 11.7 Å². The lowest BCUT2D eigenvalue weighted by Gasteiger charge is -2.30. The number of hydrogen-bond acceptors (Lipinski definition) is 5. The van der Waals surface area contributed by atoms with Gasteiger partial charge in [0.1, 0.15) is 5.82 Å². The van der Waals surface area contributed by atoms with Gasteiger partial charge in [-0.3, -0.25) is 14.8 Å². The molecule has 1 atom stereocenters. The van der Waals surface area contributed by atoms with E-state index in [1.165, 1.54) is 17.8 Å². The maximum atomic E-state index is 14.6. The SMILES string of the molecule is CC1(c2cc(NC(=O)c3cccc(-c4cccnc4)c3)ccc2F)CCSC(N)=N1. The molecule has 1 aliphatic heterocycles. The number of aromatic nitrogens is 1. The van der Waals surface area contributed by atoms with Gasteiger partial charge in [0.15, 0.2) is 5.17 Å². The lowest BCUT2D eigenvalue weighted by Crippen LogP contribution is -2.29. The van der Waals surface area contributed by atoms with Crippen LogP contribution < -0.4 is 11.1 Å². The molecular formula is C23H21FN4OS. The number of hydrogen-bond donors (Lipinski definition) is 2. The third-order valence-corrected chi connectivity index (χ3v) is 5.92. The lowest BCUT2D eigenvalue weighted by molar-refractivity contribution is 0.102. The zero-order chi connectivity index (χ0) is 21.1. The van der Waals surface area contributed by atoms with E-state index >= 15 is 0 Å². The molecule has 0 spiro atoms. The second-order valence-corrected chi connectivity index (χ2v) is 8.41. The predicted octanol–water partition coefficient (Wildman–Crippen LogP) is 4.81. The number of thioether (sulfide) groups is 1. The van der Waals surface area contributed by atoms with E-state index in [0.717, 1.165) is 16.9 Å². The number of nitrogens with zero attached hydrogens (tertiary/aromatic N) is 2. The van der Waals surface area contributed by atoms with Gasteiger partial charge in [0.05, 0.1) is 5.54 Å². The Morgan fingerprint density at radius 3 is 2.77 bits per heavy atom. The summed E-state index contributed by atoms with van der Waals surface area (Å²) in [6, 6.07) is 15.6. The van der Waals surface area contributed by atoms with Crippen LogP contribution in [-0.4, -0.2) is 21.8 Å². The Balaban J connectivity index is 1.60. The quantitative estimate of drug-likeness (QED) is 0.635. The number of aliphatic imine (C=N–C) groups is 1. The fourth-order valence-corrected chi connectivity index (χ4v) is 4.45. The van der Waals surface area contributed by atoms with Gasteiger partial charge in [-0.2, -0.15) is 0 Å². The summed E-state index contributed by atoms with van der Waals surface area (Å²) in [5.74, 6) is 0.131. The summed E-state index contributed by atoms with van der Waals surface area (Å²) in [5, 5.41) is 3.31. The number of nitrogens with one attached hydrogen (secondary N) is 1. The van der Waals surface area contributed by atoms with Gasteiger partial charge in [0.2, 0.25) is 0 Å². The number of amidine groups is 1. The van der Waals surface area contributed by atoms with E-state index in [1.807, 2.05) is 31.2 Å². The van der Waals surface area contributed by atoms with E-state index in [2.05, 4.69) is 15.3 Å². The summed E-state index contributed by atoms with van der Waals surface area (Å²) in [7, 11) is 0. The van der Waals surface area contributed by atoms with Crippen LogP contribution in [0.2, 0.25) is 0 Å². The molecule has 4 rings (SSSR count). The first kappa shape index (κ1) is 20.1. The van der Waals surface area contributed by atoms with Crippen molar-refractivity contribution in [2.45, 2.75) is 18.9 Å². The second kappa shape index (κ2) is 8.28. The van der Waals surface area contributed by atoms with Gasteiger partial charge in [-0.05, 0) is 55.3 Å². The van der Waals surface area contributed by atoms with Crippen molar-refractivity contribution in [2.24, 2.45) is 10.7 Å². The number of nitrogens with two attached hydrogens (primary N) is 1. The van der Waals surface area contributed by atoms with Crippen LogP contribution in [0.1, 0.15) is 29.3 Å². The van der Waals surface area contributed by atoms with Gasteiger partial charge in [-0.15, -0.1) is 0 Å². The minimum absolute atomic E-state index is 0.273. The zero-order valence-corrected chi connectivity index (χ0v) is 17.2. The van der Waals surface area contributed by atoms with Crippen molar-refractivity contribution >= 4 is 28.5 Å². The van der Waals surface area contributed by atoms with Crippen molar-refractivity contribution in [2.75, 3.05) is 11.1 Å². The lowest BCUT2D eigenvalue weighted by atomic mass is 9.89. The van der Waals surface area contributed by atoms with Crippen molar-refractivity contribution in [3.63, 3.8) is 0 Å². The van der Waals surface area contributed by atoms with Crippen LogP contribution >= 0.6 is 11.8 Å².